The Balaban J connectivity index is 1.55. The fraction of sp³-hybridized carbons (Fsp3) is 0.0556. The van der Waals surface area contributed by atoms with Crippen molar-refractivity contribution in [1.29, 1.82) is 0 Å². The lowest BCUT2D eigenvalue weighted by Crippen LogP contribution is -2.10. The van der Waals surface area contributed by atoms with E-state index < -0.39 is 0 Å². The minimum absolute atomic E-state index is 0.0303. The Morgan fingerprint density at radius 2 is 0.821 bits per heavy atom. The van der Waals surface area contributed by atoms with E-state index in [0.717, 1.165) is 39.3 Å². The van der Waals surface area contributed by atoms with E-state index in [2.05, 4.69) is 83.8 Å². The molecule has 0 aliphatic heterocycles. The molecule has 3 heteroatoms. The molecule has 0 aliphatic carbocycles. The summed E-state index contributed by atoms with van der Waals surface area (Å²) in [5.74, 6) is 0.0605. The van der Waals surface area contributed by atoms with Crippen LogP contribution in [0.3, 0.4) is 0 Å². The summed E-state index contributed by atoms with van der Waals surface area (Å²) in [7, 11) is 0. The highest BCUT2D eigenvalue weighted by Crippen LogP contribution is 2.35. The van der Waals surface area contributed by atoms with Crippen molar-refractivity contribution in [1.82, 2.24) is 0 Å². The van der Waals surface area contributed by atoms with E-state index in [9.17, 15) is 9.59 Å². The predicted octanol–water partition coefficient (Wildman–Crippen LogP) is 9.15. The third kappa shape index (κ3) is 5.94. The molecule has 0 bridgehead atoms. The van der Waals surface area contributed by atoms with Crippen LogP contribution in [0.2, 0.25) is 0 Å². The molecule has 0 saturated carbocycles. The molecule has 5 rings (SSSR count). The maximum Gasteiger partial charge on any atom is 0.159 e. The monoisotopic (exact) mass is 507 g/mol. The third-order valence-corrected chi connectivity index (χ3v) is 6.70. The summed E-state index contributed by atoms with van der Waals surface area (Å²) < 4.78 is 0. The summed E-state index contributed by atoms with van der Waals surface area (Å²) in [6, 6.07) is 44.4. The lowest BCUT2D eigenvalue weighted by atomic mass is 9.95. The van der Waals surface area contributed by atoms with Crippen molar-refractivity contribution in [2.45, 2.75) is 13.8 Å². The predicted molar refractivity (Wildman–Crippen MR) is 161 cm³/mol. The molecule has 0 saturated heterocycles. The summed E-state index contributed by atoms with van der Waals surface area (Å²) in [6.07, 6.45) is 2.21. The van der Waals surface area contributed by atoms with Gasteiger partial charge in [0.15, 0.2) is 11.6 Å². The van der Waals surface area contributed by atoms with E-state index in [4.69, 9.17) is 0 Å². The van der Waals surface area contributed by atoms with E-state index in [1.165, 1.54) is 0 Å². The van der Waals surface area contributed by atoms with Crippen LogP contribution in [0.4, 0.5) is 17.1 Å². The third-order valence-electron chi connectivity index (χ3n) is 6.70. The molecule has 0 spiro atoms. The average Bonchev–Trinajstić information content (AvgIpc) is 2.98. The van der Waals surface area contributed by atoms with Crippen molar-refractivity contribution in [3.05, 3.63) is 161 Å². The first-order valence-corrected chi connectivity index (χ1v) is 12.9. The Bertz CT molecular complexity index is 1500. The molecule has 0 atom stereocenters. The van der Waals surface area contributed by atoms with Gasteiger partial charge in [-0.05, 0) is 103 Å². The second-order valence-electron chi connectivity index (χ2n) is 9.42. The van der Waals surface area contributed by atoms with Crippen LogP contribution < -0.4 is 4.90 Å². The lowest BCUT2D eigenvalue weighted by Gasteiger charge is -2.26. The largest absolute Gasteiger partial charge is 0.311 e. The van der Waals surface area contributed by atoms with Gasteiger partial charge in [0.1, 0.15) is 0 Å². The molecule has 5 aromatic rings. The number of Topliss-reactive ketones (excluding diaryl/α,β-unsaturated/α-hetero) is 2. The molecular formula is C36H29NO2. The summed E-state index contributed by atoms with van der Waals surface area (Å²) in [4.78, 5) is 25.8. The summed E-state index contributed by atoms with van der Waals surface area (Å²) in [5, 5.41) is 0. The van der Waals surface area contributed by atoms with Crippen LogP contribution in [0.25, 0.3) is 11.6 Å². The highest BCUT2D eigenvalue weighted by molar-refractivity contribution is 5.96. The average molecular weight is 508 g/mol. The first-order chi connectivity index (χ1) is 19.0. The van der Waals surface area contributed by atoms with Crippen molar-refractivity contribution >= 4 is 40.3 Å². The molecule has 0 radical (unpaired) electrons. The smallest absolute Gasteiger partial charge is 0.159 e. The molecule has 39 heavy (non-hydrogen) atoms. The standard InChI is InChI=1S/C36H29NO2/c1-26(38)29-15-21-34(22-16-29)37(35-23-17-30(18-24-35)27(2)39)33-19-13-28(14-20-33)25-36(31-9-5-3-6-10-31)32-11-7-4-8-12-32/h3-25H,1-2H3. The van der Waals surface area contributed by atoms with Gasteiger partial charge in [-0.1, -0.05) is 72.8 Å². The number of rotatable bonds is 8. The second kappa shape index (κ2) is 11.6. The van der Waals surface area contributed by atoms with E-state index in [1.807, 2.05) is 60.7 Å². The molecule has 0 unspecified atom stereocenters. The van der Waals surface area contributed by atoms with Gasteiger partial charge in [0.05, 0.1) is 0 Å². The molecule has 0 aromatic heterocycles. The van der Waals surface area contributed by atoms with Crippen LogP contribution in [0.15, 0.2) is 133 Å². The zero-order valence-corrected chi connectivity index (χ0v) is 22.0. The zero-order valence-electron chi connectivity index (χ0n) is 22.0. The first kappa shape index (κ1) is 25.6. The van der Waals surface area contributed by atoms with Gasteiger partial charge < -0.3 is 4.90 Å². The van der Waals surface area contributed by atoms with Gasteiger partial charge in [-0.3, -0.25) is 9.59 Å². The summed E-state index contributed by atoms with van der Waals surface area (Å²) in [5.41, 5.74) is 8.71. The number of benzene rings is 5. The SMILES string of the molecule is CC(=O)c1ccc(N(c2ccc(C=C(c3ccccc3)c3ccccc3)cc2)c2ccc(C(C)=O)cc2)cc1. The van der Waals surface area contributed by atoms with Crippen LogP contribution in [-0.2, 0) is 0 Å². The maximum atomic E-state index is 11.8. The molecule has 5 aromatic carbocycles. The fourth-order valence-electron chi connectivity index (χ4n) is 4.59. The number of ketones is 2. The Kier molecular flexibility index (Phi) is 7.60. The number of anilines is 3. The van der Waals surface area contributed by atoms with E-state index in [-0.39, 0.29) is 11.6 Å². The molecule has 0 N–H and O–H groups in total. The fourth-order valence-corrected chi connectivity index (χ4v) is 4.59. The number of hydrogen-bond donors (Lipinski definition) is 0. The first-order valence-electron chi connectivity index (χ1n) is 12.9. The molecular weight excluding hydrogens is 478 g/mol. The maximum absolute atomic E-state index is 11.8. The number of nitrogens with zero attached hydrogens (tertiary/aromatic N) is 1. The molecule has 0 aliphatic rings. The highest BCUT2D eigenvalue weighted by Gasteiger charge is 2.14. The second-order valence-corrected chi connectivity index (χ2v) is 9.42. The van der Waals surface area contributed by atoms with Crippen molar-refractivity contribution in [2.75, 3.05) is 4.90 Å². The minimum Gasteiger partial charge on any atom is -0.311 e. The Morgan fingerprint density at radius 1 is 0.462 bits per heavy atom. The van der Waals surface area contributed by atoms with E-state index >= 15 is 0 Å². The Morgan fingerprint density at radius 3 is 1.18 bits per heavy atom. The van der Waals surface area contributed by atoms with Gasteiger partial charge in [0.25, 0.3) is 0 Å². The molecule has 0 amide bonds. The van der Waals surface area contributed by atoms with Crippen molar-refractivity contribution < 1.29 is 9.59 Å². The highest BCUT2D eigenvalue weighted by atomic mass is 16.1. The quantitative estimate of drug-likeness (QED) is 0.155. The van der Waals surface area contributed by atoms with Gasteiger partial charge in [-0.15, -0.1) is 0 Å². The minimum atomic E-state index is 0.0303. The molecule has 0 fully saturated rings. The van der Waals surface area contributed by atoms with Crippen LogP contribution in [0, 0.1) is 0 Å². The van der Waals surface area contributed by atoms with Gasteiger partial charge >= 0.3 is 0 Å². The van der Waals surface area contributed by atoms with Crippen LogP contribution >= 0.6 is 0 Å². The van der Waals surface area contributed by atoms with E-state index in [0.29, 0.717) is 11.1 Å². The van der Waals surface area contributed by atoms with Gasteiger partial charge in [-0.25, -0.2) is 0 Å². The number of hydrogen-bond acceptors (Lipinski definition) is 3. The molecule has 0 heterocycles. The normalized spacial score (nSPS) is 10.5. The van der Waals surface area contributed by atoms with Gasteiger partial charge in [-0.2, -0.15) is 0 Å². The number of carbonyl (C=O) groups excluding carboxylic acids is 2. The van der Waals surface area contributed by atoms with Crippen molar-refractivity contribution in [3.8, 4) is 0 Å². The van der Waals surface area contributed by atoms with Gasteiger partial charge in [0.2, 0.25) is 0 Å². The zero-order chi connectivity index (χ0) is 27.2. The van der Waals surface area contributed by atoms with Crippen molar-refractivity contribution in [2.24, 2.45) is 0 Å². The van der Waals surface area contributed by atoms with Crippen LogP contribution in [0.5, 0.6) is 0 Å². The topological polar surface area (TPSA) is 37.4 Å². The molecule has 190 valence electrons. The van der Waals surface area contributed by atoms with Crippen molar-refractivity contribution in [3.63, 3.8) is 0 Å². The summed E-state index contributed by atoms with van der Waals surface area (Å²) >= 11 is 0. The summed E-state index contributed by atoms with van der Waals surface area (Å²) in [6.45, 7) is 3.14. The van der Waals surface area contributed by atoms with Gasteiger partial charge in [0, 0.05) is 28.2 Å². The van der Waals surface area contributed by atoms with Crippen LogP contribution in [-0.4, -0.2) is 11.6 Å². The Hall–Kier alpha value is -5.02. The molecule has 3 nitrogen and oxygen atoms in total. The van der Waals surface area contributed by atoms with Crippen LogP contribution in [0.1, 0.15) is 51.3 Å². The Labute approximate surface area is 229 Å². The lowest BCUT2D eigenvalue weighted by molar-refractivity contribution is 0.100. The van der Waals surface area contributed by atoms with E-state index in [1.54, 1.807) is 13.8 Å². The number of carbonyl (C=O) groups is 2.